The van der Waals surface area contributed by atoms with Crippen molar-refractivity contribution in [3.63, 3.8) is 0 Å². The van der Waals surface area contributed by atoms with Gasteiger partial charge < -0.3 is 11.1 Å². The second kappa shape index (κ2) is 4.93. The van der Waals surface area contributed by atoms with E-state index in [4.69, 9.17) is 5.73 Å². The fourth-order valence-corrected chi connectivity index (χ4v) is 2.07. The third-order valence-electron chi connectivity index (χ3n) is 2.66. The molecule has 4 N–H and O–H groups in total. The summed E-state index contributed by atoms with van der Waals surface area (Å²) in [6.45, 7) is 0. The second-order valence-corrected chi connectivity index (χ2v) is 4.86. The lowest BCUT2D eigenvalue weighted by Crippen LogP contribution is -2.47. The average molecular weight is 316 g/mol. The summed E-state index contributed by atoms with van der Waals surface area (Å²) < 4.78 is 13.6. The lowest BCUT2D eigenvalue weighted by Gasteiger charge is -2.23. The molecule has 0 bridgehead atoms. The van der Waals surface area contributed by atoms with Gasteiger partial charge in [-0.2, -0.15) is 0 Å². The number of rotatable bonds is 2. The lowest BCUT2D eigenvalue weighted by molar-refractivity contribution is -0.133. The van der Waals surface area contributed by atoms with Crippen LogP contribution in [0.4, 0.5) is 15.8 Å². The molecule has 1 atom stereocenters. The number of nitrogen functional groups attached to an aromatic ring is 1. The molecule has 1 saturated heterocycles. The van der Waals surface area contributed by atoms with Gasteiger partial charge in [-0.25, -0.2) is 4.39 Å². The summed E-state index contributed by atoms with van der Waals surface area (Å²) in [5.74, 6) is -1.19. The maximum absolute atomic E-state index is 13.4. The largest absolute Gasteiger partial charge is 0.397 e. The number of imide groups is 1. The Morgan fingerprint density at radius 1 is 1.44 bits per heavy atom. The molecule has 2 amide bonds. The van der Waals surface area contributed by atoms with E-state index < -0.39 is 17.8 Å². The Morgan fingerprint density at radius 2 is 2.17 bits per heavy atom. The van der Waals surface area contributed by atoms with Gasteiger partial charge in [-0.3, -0.25) is 14.9 Å². The van der Waals surface area contributed by atoms with Gasteiger partial charge in [0.15, 0.2) is 0 Å². The van der Waals surface area contributed by atoms with Crippen LogP contribution in [-0.2, 0) is 9.59 Å². The molecular weight excluding hydrogens is 305 g/mol. The highest BCUT2D eigenvalue weighted by atomic mass is 79.9. The van der Waals surface area contributed by atoms with Crippen molar-refractivity contribution in [2.75, 3.05) is 11.1 Å². The summed E-state index contributed by atoms with van der Waals surface area (Å²) in [5.41, 5.74) is 6.39. The first-order valence-electron chi connectivity index (χ1n) is 5.32. The molecule has 0 aromatic heterocycles. The first-order chi connectivity index (χ1) is 8.47. The molecule has 1 aromatic rings. The molecular formula is C11H11BrFN3O2. The number of benzene rings is 1. The standard InChI is InChI=1S/C11H11BrFN3O2/c12-5-3-7(14)9(4-6(5)13)15-8-1-2-10(17)16-11(8)18/h3-4,8,15H,1-2,14H2,(H,16,17,18). The fourth-order valence-electron chi connectivity index (χ4n) is 1.71. The normalized spacial score (nSPS) is 19.6. The topological polar surface area (TPSA) is 84.2 Å². The number of hydrogen-bond acceptors (Lipinski definition) is 4. The summed E-state index contributed by atoms with van der Waals surface area (Å²) >= 11 is 3.02. The summed E-state index contributed by atoms with van der Waals surface area (Å²) in [6, 6.07) is 2.05. The van der Waals surface area contributed by atoms with Gasteiger partial charge in [-0.05, 0) is 28.4 Å². The molecule has 1 heterocycles. The van der Waals surface area contributed by atoms with Crippen LogP contribution < -0.4 is 16.4 Å². The third kappa shape index (κ3) is 2.61. The Kier molecular flexibility index (Phi) is 3.51. The minimum Gasteiger partial charge on any atom is -0.397 e. The van der Waals surface area contributed by atoms with Gasteiger partial charge in [0.05, 0.1) is 15.8 Å². The van der Waals surface area contributed by atoms with Gasteiger partial charge in [0, 0.05) is 12.5 Å². The average Bonchev–Trinajstić information content (AvgIpc) is 2.29. The smallest absolute Gasteiger partial charge is 0.249 e. The number of nitrogens with one attached hydrogen (secondary N) is 2. The number of hydrogen-bond donors (Lipinski definition) is 3. The minimum absolute atomic E-state index is 0.252. The monoisotopic (exact) mass is 315 g/mol. The van der Waals surface area contributed by atoms with Crippen LogP contribution in [0.5, 0.6) is 0 Å². The van der Waals surface area contributed by atoms with E-state index >= 15 is 0 Å². The molecule has 0 radical (unpaired) electrons. The van der Waals surface area contributed by atoms with E-state index in [1.165, 1.54) is 12.1 Å². The number of piperidine rings is 1. The Balaban J connectivity index is 2.17. The molecule has 5 nitrogen and oxygen atoms in total. The molecule has 1 aromatic carbocycles. The predicted octanol–water partition coefficient (Wildman–Crippen LogP) is 1.39. The van der Waals surface area contributed by atoms with Gasteiger partial charge in [0.1, 0.15) is 11.9 Å². The zero-order valence-electron chi connectivity index (χ0n) is 9.30. The maximum atomic E-state index is 13.4. The van der Waals surface area contributed by atoms with E-state index in [1.807, 2.05) is 0 Å². The summed E-state index contributed by atoms with van der Waals surface area (Å²) in [6.07, 6.45) is 0.615. The van der Waals surface area contributed by atoms with Crippen molar-refractivity contribution < 1.29 is 14.0 Å². The van der Waals surface area contributed by atoms with Crippen molar-refractivity contribution in [1.82, 2.24) is 5.32 Å². The summed E-state index contributed by atoms with van der Waals surface area (Å²) in [7, 11) is 0. The van der Waals surface area contributed by atoms with Crippen molar-refractivity contribution in [3.05, 3.63) is 22.4 Å². The molecule has 18 heavy (non-hydrogen) atoms. The molecule has 1 fully saturated rings. The van der Waals surface area contributed by atoms with Crippen molar-refractivity contribution in [2.24, 2.45) is 0 Å². The van der Waals surface area contributed by atoms with Crippen LogP contribution in [0.3, 0.4) is 0 Å². The highest BCUT2D eigenvalue weighted by Crippen LogP contribution is 2.27. The van der Waals surface area contributed by atoms with E-state index in [1.54, 1.807) is 0 Å². The fraction of sp³-hybridized carbons (Fsp3) is 0.273. The lowest BCUT2D eigenvalue weighted by atomic mass is 10.1. The van der Waals surface area contributed by atoms with Crippen LogP contribution in [0.2, 0.25) is 0 Å². The van der Waals surface area contributed by atoms with Crippen LogP contribution in [0.25, 0.3) is 0 Å². The molecule has 0 spiro atoms. The van der Waals surface area contributed by atoms with Crippen LogP contribution in [0.1, 0.15) is 12.8 Å². The molecule has 0 saturated carbocycles. The summed E-state index contributed by atoms with van der Waals surface area (Å²) in [4.78, 5) is 22.5. The van der Waals surface area contributed by atoms with Crippen molar-refractivity contribution in [2.45, 2.75) is 18.9 Å². The SMILES string of the molecule is Nc1cc(Br)c(F)cc1NC1CCC(=O)NC1=O. The highest BCUT2D eigenvalue weighted by molar-refractivity contribution is 9.10. The van der Waals surface area contributed by atoms with Crippen molar-refractivity contribution in [3.8, 4) is 0 Å². The van der Waals surface area contributed by atoms with E-state index in [0.29, 0.717) is 17.8 Å². The number of carbonyl (C=O) groups excluding carboxylic acids is 2. The molecule has 96 valence electrons. The van der Waals surface area contributed by atoms with Crippen molar-refractivity contribution in [1.29, 1.82) is 0 Å². The molecule has 7 heteroatoms. The Labute approximate surface area is 111 Å². The Bertz CT molecular complexity index is 521. The summed E-state index contributed by atoms with van der Waals surface area (Å²) in [5, 5.41) is 5.05. The van der Waals surface area contributed by atoms with E-state index in [-0.39, 0.29) is 16.8 Å². The number of amides is 2. The van der Waals surface area contributed by atoms with Gasteiger partial charge in [0.2, 0.25) is 11.8 Å². The highest BCUT2D eigenvalue weighted by Gasteiger charge is 2.26. The van der Waals surface area contributed by atoms with E-state index in [0.717, 1.165) is 0 Å². The number of anilines is 2. The van der Waals surface area contributed by atoms with Crippen LogP contribution in [-0.4, -0.2) is 17.9 Å². The van der Waals surface area contributed by atoms with E-state index in [9.17, 15) is 14.0 Å². The quantitative estimate of drug-likeness (QED) is 0.569. The number of nitrogens with two attached hydrogens (primary N) is 1. The molecule has 2 rings (SSSR count). The second-order valence-electron chi connectivity index (χ2n) is 4.00. The maximum Gasteiger partial charge on any atom is 0.249 e. The third-order valence-corrected chi connectivity index (χ3v) is 3.27. The Hall–Kier alpha value is -1.63. The van der Waals surface area contributed by atoms with E-state index in [2.05, 4.69) is 26.6 Å². The molecule has 1 aliphatic rings. The number of carbonyl (C=O) groups is 2. The van der Waals surface area contributed by atoms with Gasteiger partial charge in [-0.1, -0.05) is 0 Å². The zero-order valence-corrected chi connectivity index (χ0v) is 10.9. The van der Waals surface area contributed by atoms with Gasteiger partial charge in [0.25, 0.3) is 0 Å². The van der Waals surface area contributed by atoms with Gasteiger partial charge in [-0.15, -0.1) is 0 Å². The Morgan fingerprint density at radius 3 is 2.83 bits per heavy atom. The van der Waals surface area contributed by atoms with Crippen LogP contribution in [0, 0.1) is 5.82 Å². The molecule has 1 aliphatic heterocycles. The van der Waals surface area contributed by atoms with Gasteiger partial charge >= 0.3 is 0 Å². The first-order valence-corrected chi connectivity index (χ1v) is 6.11. The van der Waals surface area contributed by atoms with Crippen LogP contribution in [0.15, 0.2) is 16.6 Å². The minimum atomic E-state index is -0.578. The molecule has 0 aliphatic carbocycles. The first kappa shape index (κ1) is 12.8. The van der Waals surface area contributed by atoms with Crippen LogP contribution >= 0.6 is 15.9 Å². The predicted molar refractivity (Wildman–Crippen MR) is 68.3 cm³/mol. The molecule has 1 unspecified atom stereocenters. The zero-order chi connectivity index (χ0) is 13.3. The van der Waals surface area contributed by atoms with Crippen molar-refractivity contribution >= 4 is 39.1 Å². The number of halogens is 2.